The van der Waals surface area contributed by atoms with E-state index in [4.69, 9.17) is 4.52 Å². The van der Waals surface area contributed by atoms with Crippen LogP contribution < -0.4 is 5.32 Å². The lowest BCUT2D eigenvalue weighted by Gasteiger charge is -2.14. The predicted octanol–water partition coefficient (Wildman–Crippen LogP) is 3.74. The summed E-state index contributed by atoms with van der Waals surface area (Å²) in [6, 6.07) is 6.66. The minimum absolute atomic E-state index is 0.0883. The lowest BCUT2D eigenvalue weighted by Crippen LogP contribution is -2.18. The van der Waals surface area contributed by atoms with Gasteiger partial charge in [0.25, 0.3) is 0 Å². The summed E-state index contributed by atoms with van der Waals surface area (Å²) in [5, 5.41) is 7.13. The molecule has 1 aromatic heterocycles. The van der Waals surface area contributed by atoms with Crippen molar-refractivity contribution in [1.29, 1.82) is 0 Å². The summed E-state index contributed by atoms with van der Waals surface area (Å²) < 4.78 is 18.9. The van der Waals surface area contributed by atoms with Crippen molar-refractivity contribution in [3.8, 4) is 0 Å². The zero-order valence-corrected chi connectivity index (χ0v) is 11.8. The highest BCUT2D eigenvalue weighted by Crippen LogP contribution is 2.24. The normalized spacial score (nSPS) is 12.7. The van der Waals surface area contributed by atoms with Crippen LogP contribution in [0.5, 0.6) is 0 Å². The van der Waals surface area contributed by atoms with Crippen molar-refractivity contribution in [2.75, 3.05) is 0 Å². The van der Waals surface area contributed by atoms with Crippen LogP contribution in [0, 0.1) is 12.7 Å². The number of nitrogens with one attached hydrogen (secondary N) is 1. The van der Waals surface area contributed by atoms with E-state index in [1.807, 2.05) is 19.9 Å². The highest BCUT2D eigenvalue weighted by Gasteiger charge is 2.10. The Bertz CT molecular complexity index is 542. The molecule has 0 aliphatic rings. The van der Waals surface area contributed by atoms with E-state index in [-0.39, 0.29) is 11.9 Å². The van der Waals surface area contributed by atoms with Crippen molar-refractivity contribution >= 4 is 15.9 Å². The largest absolute Gasteiger partial charge is 0.360 e. The van der Waals surface area contributed by atoms with Gasteiger partial charge in [-0.25, -0.2) is 4.39 Å². The van der Waals surface area contributed by atoms with Crippen molar-refractivity contribution in [2.24, 2.45) is 0 Å². The third-order valence-electron chi connectivity index (χ3n) is 2.69. The topological polar surface area (TPSA) is 38.1 Å². The SMILES string of the molecule is Cc1cc(CNC(C)c2ccc(F)cc2Br)on1. The lowest BCUT2D eigenvalue weighted by molar-refractivity contribution is 0.363. The first kappa shape index (κ1) is 13.2. The van der Waals surface area contributed by atoms with Crippen LogP contribution in [-0.4, -0.2) is 5.16 Å². The zero-order valence-electron chi connectivity index (χ0n) is 10.2. The summed E-state index contributed by atoms with van der Waals surface area (Å²) in [5.41, 5.74) is 1.87. The summed E-state index contributed by atoms with van der Waals surface area (Å²) in [4.78, 5) is 0. The number of aromatic nitrogens is 1. The molecule has 1 aromatic carbocycles. The van der Waals surface area contributed by atoms with E-state index in [2.05, 4.69) is 26.4 Å². The molecule has 0 fully saturated rings. The van der Waals surface area contributed by atoms with Gasteiger partial charge in [-0.1, -0.05) is 27.2 Å². The van der Waals surface area contributed by atoms with Crippen molar-refractivity contribution in [3.05, 3.63) is 51.6 Å². The Kier molecular flexibility index (Phi) is 4.14. The molecule has 2 aromatic rings. The number of hydrogen-bond donors (Lipinski definition) is 1. The molecule has 18 heavy (non-hydrogen) atoms. The van der Waals surface area contributed by atoms with Crippen LogP contribution in [0.4, 0.5) is 4.39 Å². The van der Waals surface area contributed by atoms with Gasteiger partial charge in [-0.15, -0.1) is 0 Å². The fourth-order valence-corrected chi connectivity index (χ4v) is 2.41. The number of aryl methyl sites for hydroxylation is 1. The lowest BCUT2D eigenvalue weighted by atomic mass is 10.1. The first-order valence-electron chi connectivity index (χ1n) is 5.67. The molecular weight excluding hydrogens is 299 g/mol. The Balaban J connectivity index is 2.01. The van der Waals surface area contributed by atoms with Gasteiger partial charge in [-0.2, -0.15) is 0 Å². The second kappa shape index (κ2) is 5.63. The quantitative estimate of drug-likeness (QED) is 0.934. The number of benzene rings is 1. The predicted molar refractivity (Wildman–Crippen MR) is 70.6 cm³/mol. The molecule has 0 saturated heterocycles. The molecule has 0 aliphatic carbocycles. The van der Waals surface area contributed by atoms with Gasteiger partial charge in [-0.3, -0.25) is 0 Å². The fourth-order valence-electron chi connectivity index (χ4n) is 1.72. The van der Waals surface area contributed by atoms with Crippen LogP contribution in [0.3, 0.4) is 0 Å². The molecule has 3 nitrogen and oxygen atoms in total. The van der Waals surface area contributed by atoms with E-state index in [0.717, 1.165) is 21.5 Å². The van der Waals surface area contributed by atoms with E-state index >= 15 is 0 Å². The Labute approximate surface area is 113 Å². The van der Waals surface area contributed by atoms with Gasteiger partial charge in [0.1, 0.15) is 5.82 Å². The van der Waals surface area contributed by atoms with E-state index < -0.39 is 0 Å². The minimum Gasteiger partial charge on any atom is -0.360 e. The molecule has 0 radical (unpaired) electrons. The maximum Gasteiger partial charge on any atom is 0.150 e. The van der Waals surface area contributed by atoms with E-state index in [0.29, 0.717) is 6.54 Å². The maximum atomic E-state index is 13.0. The zero-order chi connectivity index (χ0) is 13.1. The van der Waals surface area contributed by atoms with Crippen LogP contribution in [0.25, 0.3) is 0 Å². The third-order valence-corrected chi connectivity index (χ3v) is 3.38. The Morgan fingerprint density at radius 1 is 1.44 bits per heavy atom. The van der Waals surface area contributed by atoms with E-state index in [1.54, 1.807) is 6.07 Å². The van der Waals surface area contributed by atoms with E-state index in [1.165, 1.54) is 12.1 Å². The van der Waals surface area contributed by atoms with Crippen molar-refractivity contribution in [2.45, 2.75) is 26.4 Å². The molecule has 0 bridgehead atoms. The molecular formula is C13H14BrFN2O. The molecule has 96 valence electrons. The highest BCUT2D eigenvalue weighted by molar-refractivity contribution is 9.10. The number of rotatable bonds is 4. The number of halogens is 2. The fraction of sp³-hybridized carbons (Fsp3) is 0.308. The third kappa shape index (κ3) is 3.17. The Morgan fingerprint density at radius 2 is 2.22 bits per heavy atom. The van der Waals surface area contributed by atoms with Crippen molar-refractivity contribution in [3.63, 3.8) is 0 Å². The molecule has 5 heteroatoms. The molecule has 0 amide bonds. The highest BCUT2D eigenvalue weighted by atomic mass is 79.9. The molecule has 0 spiro atoms. The molecule has 1 atom stereocenters. The molecule has 0 saturated carbocycles. The van der Waals surface area contributed by atoms with Gasteiger partial charge in [0, 0.05) is 16.6 Å². The van der Waals surface area contributed by atoms with Gasteiger partial charge >= 0.3 is 0 Å². The smallest absolute Gasteiger partial charge is 0.150 e. The van der Waals surface area contributed by atoms with Crippen LogP contribution in [-0.2, 0) is 6.54 Å². The molecule has 1 unspecified atom stereocenters. The molecule has 1 N–H and O–H groups in total. The monoisotopic (exact) mass is 312 g/mol. The number of hydrogen-bond acceptors (Lipinski definition) is 3. The Morgan fingerprint density at radius 3 is 2.83 bits per heavy atom. The first-order chi connectivity index (χ1) is 8.56. The standard InChI is InChI=1S/C13H14BrFN2O/c1-8-5-11(18-17-8)7-16-9(2)12-4-3-10(15)6-13(12)14/h3-6,9,16H,7H2,1-2H3. The van der Waals surface area contributed by atoms with Crippen molar-refractivity contribution in [1.82, 2.24) is 10.5 Å². The first-order valence-corrected chi connectivity index (χ1v) is 6.46. The summed E-state index contributed by atoms with van der Waals surface area (Å²) in [6.45, 7) is 4.49. The second-order valence-corrected chi connectivity index (χ2v) is 5.06. The molecule has 1 heterocycles. The van der Waals surface area contributed by atoms with Gasteiger partial charge in [-0.05, 0) is 31.5 Å². The van der Waals surface area contributed by atoms with E-state index in [9.17, 15) is 4.39 Å². The maximum absolute atomic E-state index is 13.0. The molecule has 2 rings (SSSR count). The second-order valence-electron chi connectivity index (χ2n) is 4.20. The van der Waals surface area contributed by atoms with Gasteiger partial charge in [0.2, 0.25) is 0 Å². The summed E-state index contributed by atoms with van der Waals surface area (Å²) >= 11 is 3.36. The van der Waals surface area contributed by atoms with Gasteiger partial charge < -0.3 is 9.84 Å². The van der Waals surface area contributed by atoms with Crippen LogP contribution in [0.15, 0.2) is 33.3 Å². The van der Waals surface area contributed by atoms with Crippen molar-refractivity contribution < 1.29 is 8.91 Å². The number of nitrogens with zero attached hydrogens (tertiary/aromatic N) is 1. The van der Waals surface area contributed by atoms with Gasteiger partial charge in [0.15, 0.2) is 5.76 Å². The van der Waals surface area contributed by atoms with Crippen LogP contribution >= 0.6 is 15.9 Å². The average molecular weight is 313 g/mol. The summed E-state index contributed by atoms with van der Waals surface area (Å²) in [5.74, 6) is 0.543. The summed E-state index contributed by atoms with van der Waals surface area (Å²) in [6.07, 6.45) is 0. The average Bonchev–Trinajstić information content (AvgIpc) is 2.72. The van der Waals surface area contributed by atoms with Gasteiger partial charge in [0.05, 0.1) is 12.2 Å². The Hall–Kier alpha value is -1.20. The summed E-state index contributed by atoms with van der Waals surface area (Å²) in [7, 11) is 0. The molecule has 0 aliphatic heterocycles. The van der Waals surface area contributed by atoms with Crippen LogP contribution in [0.2, 0.25) is 0 Å². The van der Waals surface area contributed by atoms with Crippen LogP contribution in [0.1, 0.15) is 30.0 Å². The minimum atomic E-state index is -0.247.